The molecule has 0 amide bonds. The standard InChI is InChI=1S/C15H17BrCl2N2/c1-3-5-9-7-12(19-6-4-2)10-8-11(16)13(17)14(18)15(10)20-9/h7-8H,3-6H2,1-2H3,(H,19,20). The van der Waals surface area contributed by atoms with Crippen LogP contribution in [0.2, 0.25) is 10.0 Å². The first-order valence-electron chi connectivity index (χ1n) is 6.79. The summed E-state index contributed by atoms with van der Waals surface area (Å²) < 4.78 is 0.793. The van der Waals surface area contributed by atoms with Crippen LogP contribution in [-0.2, 0) is 6.42 Å². The number of halogens is 3. The SMILES string of the molecule is CCCNc1cc(CCC)nc2c(Cl)c(Cl)c(Br)cc12. The summed E-state index contributed by atoms with van der Waals surface area (Å²) in [6, 6.07) is 4.09. The highest BCUT2D eigenvalue weighted by atomic mass is 79.9. The molecule has 0 aliphatic heterocycles. The van der Waals surface area contributed by atoms with Crippen molar-refractivity contribution in [1.29, 1.82) is 0 Å². The highest BCUT2D eigenvalue weighted by molar-refractivity contribution is 9.10. The number of fused-ring (bicyclic) bond motifs is 1. The number of aryl methyl sites for hydroxylation is 1. The summed E-state index contributed by atoms with van der Waals surface area (Å²) in [6.45, 7) is 5.20. The summed E-state index contributed by atoms with van der Waals surface area (Å²) in [4.78, 5) is 4.66. The van der Waals surface area contributed by atoms with Crippen LogP contribution < -0.4 is 5.32 Å². The lowest BCUT2D eigenvalue weighted by atomic mass is 10.1. The van der Waals surface area contributed by atoms with E-state index in [0.717, 1.165) is 52.6 Å². The molecule has 0 bridgehead atoms. The molecule has 1 aromatic heterocycles. The number of rotatable bonds is 5. The van der Waals surface area contributed by atoms with E-state index in [1.807, 2.05) is 6.07 Å². The van der Waals surface area contributed by atoms with Crippen LogP contribution in [0.25, 0.3) is 10.9 Å². The third-order valence-electron chi connectivity index (χ3n) is 3.06. The van der Waals surface area contributed by atoms with E-state index in [1.165, 1.54) is 0 Å². The average Bonchev–Trinajstić information content (AvgIpc) is 2.44. The largest absolute Gasteiger partial charge is 0.384 e. The quantitative estimate of drug-likeness (QED) is 0.640. The topological polar surface area (TPSA) is 24.9 Å². The molecule has 1 aromatic carbocycles. The third kappa shape index (κ3) is 3.21. The highest BCUT2D eigenvalue weighted by Gasteiger charge is 2.14. The summed E-state index contributed by atoms with van der Waals surface area (Å²) in [6.07, 6.45) is 3.05. The molecule has 0 atom stereocenters. The Bertz CT molecular complexity index is 629. The van der Waals surface area contributed by atoms with Gasteiger partial charge in [0.2, 0.25) is 0 Å². The second-order valence-electron chi connectivity index (χ2n) is 4.72. The van der Waals surface area contributed by atoms with E-state index in [-0.39, 0.29) is 0 Å². The summed E-state index contributed by atoms with van der Waals surface area (Å²) in [5.74, 6) is 0. The fourth-order valence-electron chi connectivity index (χ4n) is 2.11. The molecule has 2 nitrogen and oxygen atoms in total. The van der Waals surface area contributed by atoms with Gasteiger partial charge in [0.15, 0.2) is 0 Å². The van der Waals surface area contributed by atoms with Gasteiger partial charge in [-0.15, -0.1) is 0 Å². The maximum Gasteiger partial charge on any atom is 0.0928 e. The molecule has 0 aliphatic carbocycles. The van der Waals surface area contributed by atoms with Crippen molar-refractivity contribution in [2.24, 2.45) is 0 Å². The molecule has 0 saturated carbocycles. The molecule has 0 radical (unpaired) electrons. The highest BCUT2D eigenvalue weighted by Crippen LogP contribution is 2.39. The van der Waals surface area contributed by atoms with Crippen molar-refractivity contribution in [3.05, 3.63) is 32.3 Å². The zero-order valence-electron chi connectivity index (χ0n) is 11.6. The van der Waals surface area contributed by atoms with Gasteiger partial charge < -0.3 is 5.32 Å². The Morgan fingerprint density at radius 3 is 2.55 bits per heavy atom. The molecular weight excluding hydrogens is 359 g/mol. The molecule has 2 rings (SSSR count). The molecule has 1 N–H and O–H groups in total. The molecule has 0 spiro atoms. The third-order valence-corrected chi connectivity index (χ3v) is 4.78. The second kappa shape index (κ2) is 6.97. The monoisotopic (exact) mass is 374 g/mol. The van der Waals surface area contributed by atoms with Crippen molar-refractivity contribution in [2.45, 2.75) is 33.1 Å². The first-order chi connectivity index (χ1) is 9.58. The molecule has 0 saturated heterocycles. The fraction of sp³-hybridized carbons (Fsp3) is 0.400. The minimum absolute atomic E-state index is 0.508. The predicted octanol–water partition coefficient (Wildman–Crippen LogP) is 6.08. The molecule has 0 fully saturated rings. The lowest BCUT2D eigenvalue weighted by molar-refractivity contribution is 0.889. The van der Waals surface area contributed by atoms with Crippen LogP contribution in [-0.4, -0.2) is 11.5 Å². The molecule has 108 valence electrons. The van der Waals surface area contributed by atoms with Crippen molar-refractivity contribution in [3.8, 4) is 0 Å². The number of benzene rings is 1. The van der Waals surface area contributed by atoms with Crippen LogP contribution in [0.4, 0.5) is 5.69 Å². The Balaban J connectivity index is 2.67. The van der Waals surface area contributed by atoms with E-state index in [9.17, 15) is 0 Å². The molecule has 5 heteroatoms. The number of hydrogen-bond acceptors (Lipinski definition) is 2. The number of aromatic nitrogens is 1. The van der Waals surface area contributed by atoms with Crippen LogP contribution in [0.3, 0.4) is 0 Å². The van der Waals surface area contributed by atoms with Gasteiger partial charge in [-0.25, -0.2) is 0 Å². The maximum absolute atomic E-state index is 6.36. The number of pyridine rings is 1. The first-order valence-corrected chi connectivity index (χ1v) is 8.34. The van der Waals surface area contributed by atoms with E-state index in [1.54, 1.807) is 0 Å². The lowest BCUT2D eigenvalue weighted by Gasteiger charge is -2.13. The fourth-order valence-corrected chi connectivity index (χ4v) is 3.04. The molecule has 0 unspecified atom stereocenters. The van der Waals surface area contributed by atoms with Crippen molar-refractivity contribution >= 4 is 55.7 Å². The summed E-state index contributed by atoms with van der Waals surface area (Å²) in [5, 5.41) is 5.47. The van der Waals surface area contributed by atoms with Crippen LogP contribution >= 0.6 is 39.1 Å². The van der Waals surface area contributed by atoms with E-state index in [0.29, 0.717) is 10.0 Å². The summed E-state index contributed by atoms with van der Waals surface area (Å²) >= 11 is 16.0. The van der Waals surface area contributed by atoms with E-state index in [4.69, 9.17) is 23.2 Å². The normalized spacial score (nSPS) is 11.1. The van der Waals surface area contributed by atoms with Crippen molar-refractivity contribution in [3.63, 3.8) is 0 Å². The average molecular weight is 376 g/mol. The number of nitrogens with zero attached hydrogens (tertiary/aromatic N) is 1. The summed E-state index contributed by atoms with van der Waals surface area (Å²) in [5.41, 5.74) is 2.88. The smallest absolute Gasteiger partial charge is 0.0928 e. The van der Waals surface area contributed by atoms with Gasteiger partial charge in [0.05, 0.1) is 15.6 Å². The number of hydrogen-bond donors (Lipinski definition) is 1. The summed E-state index contributed by atoms with van der Waals surface area (Å²) in [7, 11) is 0. The van der Waals surface area contributed by atoms with Crippen LogP contribution in [0.15, 0.2) is 16.6 Å². The van der Waals surface area contributed by atoms with Crippen molar-refractivity contribution in [2.75, 3.05) is 11.9 Å². The zero-order chi connectivity index (χ0) is 14.7. The Labute approximate surface area is 138 Å². The number of anilines is 1. The molecule has 1 heterocycles. The van der Waals surface area contributed by atoms with Crippen LogP contribution in [0.1, 0.15) is 32.4 Å². The first kappa shape index (κ1) is 15.9. The van der Waals surface area contributed by atoms with E-state index < -0.39 is 0 Å². The van der Waals surface area contributed by atoms with Gasteiger partial charge >= 0.3 is 0 Å². The molecular formula is C15H17BrCl2N2. The number of nitrogens with one attached hydrogen (secondary N) is 1. The van der Waals surface area contributed by atoms with Gasteiger partial charge in [-0.1, -0.05) is 43.5 Å². The van der Waals surface area contributed by atoms with Gasteiger partial charge in [0.1, 0.15) is 0 Å². The maximum atomic E-state index is 6.36. The minimum Gasteiger partial charge on any atom is -0.384 e. The van der Waals surface area contributed by atoms with Gasteiger partial charge in [-0.2, -0.15) is 0 Å². The second-order valence-corrected chi connectivity index (χ2v) is 6.33. The Morgan fingerprint density at radius 2 is 1.90 bits per heavy atom. The minimum atomic E-state index is 0.508. The van der Waals surface area contributed by atoms with Gasteiger partial charge in [0, 0.05) is 27.8 Å². The Hall–Kier alpha value is -0.510. The van der Waals surface area contributed by atoms with Gasteiger partial charge in [0.25, 0.3) is 0 Å². The van der Waals surface area contributed by atoms with Gasteiger partial charge in [-0.3, -0.25) is 4.98 Å². The van der Waals surface area contributed by atoms with E-state index >= 15 is 0 Å². The van der Waals surface area contributed by atoms with Gasteiger partial charge in [-0.05, 0) is 40.9 Å². The Morgan fingerprint density at radius 1 is 1.15 bits per heavy atom. The Kier molecular flexibility index (Phi) is 5.53. The zero-order valence-corrected chi connectivity index (χ0v) is 14.7. The molecule has 20 heavy (non-hydrogen) atoms. The lowest BCUT2D eigenvalue weighted by Crippen LogP contribution is -2.03. The van der Waals surface area contributed by atoms with Crippen LogP contribution in [0.5, 0.6) is 0 Å². The molecule has 0 aliphatic rings. The van der Waals surface area contributed by atoms with Crippen molar-refractivity contribution < 1.29 is 0 Å². The van der Waals surface area contributed by atoms with E-state index in [2.05, 4.69) is 46.1 Å². The van der Waals surface area contributed by atoms with Crippen molar-refractivity contribution in [1.82, 2.24) is 4.98 Å². The predicted molar refractivity (Wildman–Crippen MR) is 92.2 cm³/mol. The van der Waals surface area contributed by atoms with Crippen LogP contribution in [0, 0.1) is 0 Å². The molecule has 2 aromatic rings.